The molecule has 2 aromatic heterocycles. The van der Waals surface area contributed by atoms with Gasteiger partial charge in [-0.3, -0.25) is 0 Å². The molecule has 1 unspecified atom stereocenters. The van der Waals surface area contributed by atoms with Crippen LogP contribution >= 0.6 is 0 Å². The van der Waals surface area contributed by atoms with E-state index >= 15 is 0 Å². The Morgan fingerprint density at radius 2 is 1.13 bits per heavy atom. The Balaban J connectivity index is 1.43. The summed E-state index contributed by atoms with van der Waals surface area (Å²) in [4.78, 5) is 0. The van der Waals surface area contributed by atoms with Crippen LogP contribution in [-0.2, 0) is 0 Å². The molecule has 0 amide bonds. The van der Waals surface area contributed by atoms with E-state index in [2.05, 4.69) is 154 Å². The fraction of sp³-hybridized carbons (Fsp3) is 0.0286. The van der Waals surface area contributed by atoms with Crippen LogP contribution in [0.5, 0.6) is 0 Å². The first-order chi connectivity index (χ1) is 18.9. The van der Waals surface area contributed by atoms with Gasteiger partial charge in [-0.1, -0.05) is 91.0 Å². The number of hydrogen-bond acceptors (Lipinski definition) is 1. The zero-order chi connectivity index (χ0) is 25.1. The number of allylic oxidation sites excluding steroid dienone is 2. The standard InChI is InChI=1S/C35H25N3/c1-3-12-24(13-4-1)28-18-11-21-33(36-28)38-30-20-10-8-17-27(30)35-32(38)23-22-31-34(35)26-16-7-9-19-29(26)37(31)25-14-5-2-6-15-25/h1-23,33,36H. The largest absolute Gasteiger partial charge is 0.361 e. The normalized spacial score (nSPS) is 15.4. The van der Waals surface area contributed by atoms with E-state index in [-0.39, 0.29) is 6.17 Å². The third kappa shape index (κ3) is 3.02. The Labute approximate surface area is 220 Å². The molecular weight excluding hydrogens is 462 g/mol. The van der Waals surface area contributed by atoms with Crippen molar-refractivity contribution in [1.29, 1.82) is 0 Å². The average Bonchev–Trinajstić information content (AvgIpc) is 3.51. The minimum atomic E-state index is -0.00229. The van der Waals surface area contributed by atoms with Gasteiger partial charge >= 0.3 is 0 Å². The lowest BCUT2D eigenvalue weighted by Gasteiger charge is -2.25. The SMILES string of the molecule is C1=CC(n2c3ccccc3c3c4c5ccccc5n(-c5ccccc5)c4ccc32)NC(c2ccccc2)=C1. The van der Waals surface area contributed by atoms with Crippen molar-refractivity contribution in [2.75, 3.05) is 0 Å². The van der Waals surface area contributed by atoms with Gasteiger partial charge in [0.1, 0.15) is 6.17 Å². The van der Waals surface area contributed by atoms with Crippen molar-refractivity contribution < 1.29 is 0 Å². The van der Waals surface area contributed by atoms with E-state index in [4.69, 9.17) is 0 Å². The molecule has 180 valence electrons. The van der Waals surface area contributed by atoms with Gasteiger partial charge in [0.2, 0.25) is 0 Å². The van der Waals surface area contributed by atoms with Gasteiger partial charge in [-0.2, -0.15) is 0 Å². The number of benzene rings is 5. The molecule has 8 rings (SSSR count). The Bertz CT molecular complexity index is 2040. The second-order valence-corrected chi connectivity index (χ2v) is 9.85. The summed E-state index contributed by atoms with van der Waals surface area (Å²) in [5.74, 6) is 0. The molecule has 0 saturated carbocycles. The van der Waals surface area contributed by atoms with Crippen LogP contribution in [0.1, 0.15) is 11.7 Å². The van der Waals surface area contributed by atoms with Gasteiger partial charge in [-0.05, 0) is 54.1 Å². The molecule has 0 aliphatic carbocycles. The molecule has 0 bridgehead atoms. The minimum absolute atomic E-state index is 0.00229. The van der Waals surface area contributed by atoms with Crippen molar-refractivity contribution in [3.05, 3.63) is 145 Å². The zero-order valence-corrected chi connectivity index (χ0v) is 20.8. The van der Waals surface area contributed by atoms with Crippen molar-refractivity contribution in [3.8, 4) is 5.69 Å². The fourth-order valence-corrected chi connectivity index (χ4v) is 6.16. The Morgan fingerprint density at radius 1 is 0.526 bits per heavy atom. The van der Waals surface area contributed by atoms with Crippen LogP contribution in [0.2, 0.25) is 0 Å². The molecule has 3 nitrogen and oxygen atoms in total. The fourth-order valence-electron chi connectivity index (χ4n) is 6.16. The molecule has 0 fully saturated rings. The van der Waals surface area contributed by atoms with E-state index in [0.29, 0.717) is 0 Å². The first kappa shape index (κ1) is 21.1. The van der Waals surface area contributed by atoms with Crippen molar-refractivity contribution in [1.82, 2.24) is 14.5 Å². The first-order valence-electron chi connectivity index (χ1n) is 13.1. The summed E-state index contributed by atoms with van der Waals surface area (Å²) in [5, 5.41) is 8.96. The highest BCUT2D eigenvalue weighted by Gasteiger charge is 2.23. The third-order valence-corrected chi connectivity index (χ3v) is 7.75. The number of nitrogens with zero attached hydrogens (tertiary/aromatic N) is 2. The van der Waals surface area contributed by atoms with Crippen LogP contribution in [0.4, 0.5) is 0 Å². The van der Waals surface area contributed by atoms with E-state index in [1.54, 1.807) is 0 Å². The molecule has 1 aliphatic rings. The molecule has 5 aromatic carbocycles. The van der Waals surface area contributed by atoms with E-state index in [9.17, 15) is 0 Å². The number of fused-ring (bicyclic) bond motifs is 7. The highest BCUT2D eigenvalue weighted by molar-refractivity contribution is 6.28. The highest BCUT2D eigenvalue weighted by atomic mass is 15.2. The molecule has 0 spiro atoms. The van der Waals surface area contributed by atoms with Crippen LogP contribution in [0.15, 0.2) is 140 Å². The maximum atomic E-state index is 3.80. The Hall–Kier alpha value is -5.02. The van der Waals surface area contributed by atoms with Gasteiger partial charge < -0.3 is 14.5 Å². The molecule has 3 heterocycles. The van der Waals surface area contributed by atoms with Gasteiger partial charge in [0, 0.05) is 32.9 Å². The number of para-hydroxylation sites is 3. The monoisotopic (exact) mass is 487 g/mol. The lowest BCUT2D eigenvalue weighted by atomic mass is 10.1. The summed E-state index contributed by atoms with van der Waals surface area (Å²) in [6.07, 6.45) is 6.57. The second kappa shape index (κ2) is 8.25. The van der Waals surface area contributed by atoms with Crippen molar-refractivity contribution >= 4 is 49.3 Å². The van der Waals surface area contributed by atoms with Gasteiger partial charge in [0.15, 0.2) is 0 Å². The Morgan fingerprint density at radius 3 is 1.92 bits per heavy atom. The lowest BCUT2D eigenvalue weighted by Crippen LogP contribution is -2.25. The summed E-state index contributed by atoms with van der Waals surface area (Å²) >= 11 is 0. The van der Waals surface area contributed by atoms with Crippen molar-refractivity contribution in [3.63, 3.8) is 0 Å². The topological polar surface area (TPSA) is 21.9 Å². The summed E-state index contributed by atoms with van der Waals surface area (Å²) in [6, 6.07) is 43.4. The quantitative estimate of drug-likeness (QED) is 0.265. The van der Waals surface area contributed by atoms with Gasteiger partial charge in [0.25, 0.3) is 0 Å². The zero-order valence-electron chi connectivity index (χ0n) is 20.8. The van der Waals surface area contributed by atoms with E-state index in [1.807, 2.05) is 0 Å². The minimum Gasteiger partial charge on any atom is -0.361 e. The molecule has 38 heavy (non-hydrogen) atoms. The summed E-state index contributed by atoms with van der Waals surface area (Å²) < 4.78 is 4.84. The van der Waals surface area contributed by atoms with E-state index < -0.39 is 0 Å². The molecule has 1 aliphatic heterocycles. The van der Waals surface area contributed by atoms with Gasteiger partial charge in [0.05, 0.1) is 22.1 Å². The van der Waals surface area contributed by atoms with Crippen LogP contribution in [-0.4, -0.2) is 9.13 Å². The van der Waals surface area contributed by atoms with Crippen molar-refractivity contribution in [2.45, 2.75) is 6.17 Å². The van der Waals surface area contributed by atoms with Crippen LogP contribution in [0, 0.1) is 0 Å². The molecule has 7 aromatic rings. The molecular formula is C35H25N3. The molecule has 0 radical (unpaired) electrons. The molecule has 1 atom stereocenters. The predicted molar refractivity (Wildman–Crippen MR) is 160 cm³/mol. The number of dihydropyridines is 1. The number of hydrogen-bond donors (Lipinski definition) is 1. The summed E-state index contributed by atoms with van der Waals surface area (Å²) in [6.45, 7) is 0. The van der Waals surface area contributed by atoms with Crippen LogP contribution in [0.25, 0.3) is 55.0 Å². The van der Waals surface area contributed by atoms with E-state index in [0.717, 1.165) is 5.70 Å². The third-order valence-electron chi connectivity index (χ3n) is 7.75. The Kier molecular flexibility index (Phi) is 4.58. The molecule has 0 saturated heterocycles. The maximum Gasteiger partial charge on any atom is 0.123 e. The van der Waals surface area contributed by atoms with Crippen molar-refractivity contribution in [2.24, 2.45) is 0 Å². The lowest BCUT2D eigenvalue weighted by molar-refractivity contribution is 0.589. The smallest absolute Gasteiger partial charge is 0.123 e. The maximum absolute atomic E-state index is 3.80. The highest BCUT2D eigenvalue weighted by Crippen LogP contribution is 2.42. The molecule has 1 N–H and O–H groups in total. The second-order valence-electron chi connectivity index (χ2n) is 9.85. The predicted octanol–water partition coefficient (Wildman–Crippen LogP) is 8.59. The van der Waals surface area contributed by atoms with Gasteiger partial charge in [-0.15, -0.1) is 0 Å². The summed E-state index contributed by atoms with van der Waals surface area (Å²) in [5.41, 5.74) is 8.40. The van der Waals surface area contributed by atoms with Crippen LogP contribution < -0.4 is 5.32 Å². The first-order valence-corrected chi connectivity index (χ1v) is 13.1. The number of aromatic nitrogens is 2. The van der Waals surface area contributed by atoms with Gasteiger partial charge in [-0.25, -0.2) is 0 Å². The number of rotatable bonds is 3. The number of nitrogens with one attached hydrogen (secondary N) is 1. The van der Waals surface area contributed by atoms with E-state index in [1.165, 1.54) is 54.9 Å². The molecule has 3 heteroatoms. The summed E-state index contributed by atoms with van der Waals surface area (Å²) in [7, 11) is 0. The van der Waals surface area contributed by atoms with Crippen LogP contribution in [0.3, 0.4) is 0 Å². The average molecular weight is 488 g/mol.